The van der Waals surface area contributed by atoms with Gasteiger partial charge in [-0.2, -0.15) is 0 Å². The summed E-state index contributed by atoms with van der Waals surface area (Å²) in [5, 5.41) is 12.1. The van der Waals surface area contributed by atoms with Gasteiger partial charge < -0.3 is 14.8 Å². The molecule has 2 aliphatic rings. The zero-order valence-electron chi connectivity index (χ0n) is 14.9. The Bertz CT molecular complexity index is 943. The SMILES string of the molecule is CN(c1ncnc2[nH]ccc12)[C@H]1C[C@@H]2CN(C(=O)Nc3nncs3)C[C@@H]2C1. The van der Waals surface area contributed by atoms with E-state index in [-0.39, 0.29) is 6.03 Å². The third-order valence-corrected chi connectivity index (χ3v) is 6.41. The maximum Gasteiger partial charge on any atom is 0.323 e. The minimum absolute atomic E-state index is 0.0733. The standard InChI is InChI=1S/C17H20N8OS/c1-24(15-13-2-3-18-14(13)19-8-20-15)12-4-10-6-25(7-11(10)5-12)17(26)22-16-23-21-9-27-16/h2-3,8-12H,4-7H2,1H3,(H,18,19,20)(H,22,23,26)/t10-,11+,12+. The number of hydrogen-bond acceptors (Lipinski definition) is 7. The van der Waals surface area contributed by atoms with Crippen molar-refractivity contribution in [3.05, 3.63) is 24.1 Å². The second kappa shape index (κ2) is 6.45. The number of fused-ring (bicyclic) bond motifs is 2. The first-order valence-electron chi connectivity index (χ1n) is 9.02. The minimum Gasteiger partial charge on any atom is -0.356 e. The molecule has 2 fully saturated rings. The lowest BCUT2D eigenvalue weighted by molar-refractivity contribution is 0.218. The van der Waals surface area contributed by atoms with Gasteiger partial charge in [0.1, 0.15) is 23.3 Å². The molecule has 0 radical (unpaired) electrons. The van der Waals surface area contributed by atoms with Crippen molar-refractivity contribution in [3.8, 4) is 0 Å². The summed E-state index contributed by atoms with van der Waals surface area (Å²) in [6, 6.07) is 2.38. The number of anilines is 2. The van der Waals surface area contributed by atoms with Gasteiger partial charge in [-0.15, -0.1) is 10.2 Å². The summed E-state index contributed by atoms with van der Waals surface area (Å²) >= 11 is 1.33. The van der Waals surface area contributed by atoms with E-state index in [0.29, 0.717) is 23.0 Å². The number of hydrogen-bond donors (Lipinski definition) is 2. The number of amides is 2. The molecule has 5 rings (SSSR count). The average Bonchev–Trinajstić information content (AvgIpc) is 3.42. The van der Waals surface area contributed by atoms with Crippen molar-refractivity contribution in [3.63, 3.8) is 0 Å². The van der Waals surface area contributed by atoms with Gasteiger partial charge in [0, 0.05) is 32.4 Å². The highest BCUT2D eigenvalue weighted by atomic mass is 32.1. The van der Waals surface area contributed by atoms with E-state index in [4.69, 9.17) is 0 Å². The van der Waals surface area contributed by atoms with Crippen molar-refractivity contribution in [2.45, 2.75) is 18.9 Å². The smallest absolute Gasteiger partial charge is 0.323 e. The molecule has 2 N–H and O–H groups in total. The molecule has 3 aromatic heterocycles. The van der Waals surface area contributed by atoms with Crippen LogP contribution in [0.5, 0.6) is 0 Å². The van der Waals surface area contributed by atoms with E-state index in [1.54, 1.807) is 11.8 Å². The molecule has 10 heteroatoms. The number of urea groups is 1. The van der Waals surface area contributed by atoms with Gasteiger partial charge in [0.05, 0.1) is 5.39 Å². The van der Waals surface area contributed by atoms with Crippen LogP contribution in [-0.2, 0) is 0 Å². The Morgan fingerprint density at radius 2 is 2.15 bits per heavy atom. The molecule has 3 aromatic rings. The van der Waals surface area contributed by atoms with Crippen molar-refractivity contribution < 1.29 is 4.79 Å². The summed E-state index contributed by atoms with van der Waals surface area (Å²) < 4.78 is 0. The van der Waals surface area contributed by atoms with Crippen molar-refractivity contribution in [2.75, 3.05) is 30.4 Å². The average molecular weight is 384 g/mol. The predicted molar refractivity (Wildman–Crippen MR) is 103 cm³/mol. The molecule has 140 valence electrons. The van der Waals surface area contributed by atoms with Gasteiger partial charge in [-0.25, -0.2) is 14.8 Å². The van der Waals surface area contributed by atoms with Crippen LogP contribution in [0.25, 0.3) is 11.0 Å². The molecule has 4 heterocycles. The third-order valence-electron chi connectivity index (χ3n) is 5.80. The highest BCUT2D eigenvalue weighted by Crippen LogP contribution is 2.41. The predicted octanol–water partition coefficient (Wildman–Crippen LogP) is 2.19. The van der Waals surface area contributed by atoms with Crippen LogP contribution in [0.4, 0.5) is 15.7 Å². The normalized spacial score (nSPS) is 24.3. The summed E-state index contributed by atoms with van der Waals surface area (Å²) in [6.07, 6.45) is 5.65. The van der Waals surface area contributed by atoms with Crippen LogP contribution >= 0.6 is 11.3 Å². The van der Waals surface area contributed by atoms with Gasteiger partial charge >= 0.3 is 6.03 Å². The lowest BCUT2D eigenvalue weighted by Gasteiger charge is -2.27. The molecular weight excluding hydrogens is 364 g/mol. The van der Waals surface area contributed by atoms with Crippen LogP contribution < -0.4 is 10.2 Å². The van der Waals surface area contributed by atoms with Gasteiger partial charge in [0.25, 0.3) is 0 Å². The van der Waals surface area contributed by atoms with E-state index in [1.165, 1.54) is 11.3 Å². The molecule has 27 heavy (non-hydrogen) atoms. The Balaban J connectivity index is 1.24. The molecule has 1 aliphatic carbocycles. The second-order valence-electron chi connectivity index (χ2n) is 7.27. The first-order valence-corrected chi connectivity index (χ1v) is 9.90. The Kier molecular flexibility index (Phi) is 3.92. The van der Waals surface area contributed by atoms with Crippen molar-refractivity contribution in [1.29, 1.82) is 0 Å². The van der Waals surface area contributed by atoms with Crippen LogP contribution in [0.1, 0.15) is 12.8 Å². The van der Waals surface area contributed by atoms with Crippen molar-refractivity contribution >= 4 is 39.4 Å². The fourth-order valence-corrected chi connectivity index (χ4v) is 4.90. The van der Waals surface area contributed by atoms with E-state index in [9.17, 15) is 4.79 Å². The van der Waals surface area contributed by atoms with Gasteiger partial charge in [-0.05, 0) is 30.7 Å². The van der Waals surface area contributed by atoms with Crippen molar-refractivity contribution in [1.82, 2.24) is 30.0 Å². The number of carbonyl (C=O) groups excluding carboxylic acids is 1. The minimum atomic E-state index is -0.0733. The number of rotatable bonds is 3. The topological polar surface area (TPSA) is 103 Å². The Hall–Kier alpha value is -2.75. The van der Waals surface area contributed by atoms with Crippen molar-refractivity contribution in [2.24, 2.45) is 11.8 Å². The van der Waals surface area contributed by atoms with E-state index < -0.39 is 0 Å². The number of nitrogens with one attached hydrogen (secondary N) is 2. The van der Waals surface area contributed by atoms with Crippen LogP contribution in [0, 0.1) is 11.8 Å². The van der Waals surface area contributed by atoms with E-state index >= 15 is 0 Å². The molecule has 0 unspecified atom stereocenters. The highest BCUT2D eigenvalue weighted by Gasteiger charge is 2.44. The maximum atomic E-state index is 12.4. The van der Waals surface area contributed by atoms with E-state index in [0.717, 1.165) is 42.8 Å². The molecule has 0 aromatic carbocycles. The molecule has 1 saturated heterocycles. The van der Waals surface area contributed by atoms with Gasteiger partial charge in [-0.1, -0.05) is 11.3 Å². The summed E-state index contributed by atoms with van der Waals surface area (Å²) in [5.74, 6) is 2.03. The molecule has 1 saturated carbocycles. The molecule has 0 spiro atoms. The zero-order chi connectivity index (χ0) is 18.4. The monoisotopic (exact) mass is 384 g/mol. The quantitative estimate of drug-likeness (QED) is 0.717. The van der Waals surface area contributed by atoms with Crippen LogP contribution in [0.15, 0.2) is 24.1 Å². The van der Waals surface area contributed by atoms with Gasteiger partial charge in [-0.3, -0.25) is 5.32 Å². The molecular formula is C17H20N8OS. The molecule has 1 aliphatic heterocycles. The molecule has 0 bridgehead atoms. The fourth-order valence-electron chi connectivity index (χ4n) is 4.46. The Morgan fingerprint density at radius 1 is 1.33 bits per heavy atom. The van der Waals surface area contributed by atoms with E-state index in [2.05, 4.69) is 42.4 Å². The number of aromatic amines is 1. The highest BCUT2D eigenvalue weighted by molar-refractivity contribution is 7.13. The number of likely N-dealkylation sites (tertiary alicyclic amines) is 1. The molecule has 3 atom stereocenters. The summed E-state index contributed by atoms with van der Waals surface area (Å²) in [7, 11) is 2.11. The first kappa shape index (κ1) is 16.4. The summed E-state index contributed by atoms with van der Waals surface area (Å²) in [6.45, 7) is 1.59. The summed E-state index contributed by atoms with van der Waals surface area (Å²) in [5.41, 5.74) is 2.48. The summed E-state index contributed by atoms with van der Waals surface area (Å²) in [4.78, 5) is 28.5. The largest absolute Gasteiger partial charge is 0.356 e. The van der Waals surface area contributed by atoms with Gasteiger partial charge in [0.2, 0.25) is 5.13 Å². The Morgan fingerprint density at radius 3 is 2.89 bits per heavy atom. The number of carbonyl (C=O) groups is 1. The zero-order valence-corrected chi connectivity index (χ0v) is 15.7. The number of aromatic nitrogens is 5. The maximum absolute atomic E-state index is 12.4. The van der Waals surface area contributed by atoms with Gasteiger partial charge in [0.15, 0.2) is 0 Å². The second-order valence-corrected chi connectivity index (χ2v) is 8.11. The molecule has 2 amide bonds. The third kappa shape index (κ3) is 2.89. The number of nitrogens with zero attached hydrogens (tertiary/aromatic N) is 6. The van der Waals surface area contributed by atoms with Crippen LogP contribution in [-0.4, -0.2) is 62.3 Å². The lowest BCUT2D eigenvalue weighted by Crippen LogP contribution is -2.36. The molecule has 9 nitrogen and oxygen atoms in total. The van der Waals surface area contributed by atoms with E-state index in [1.807, 2.05) is 17.2 Å². The Labute approximate surface area is 159 Å². The lowest BCUT2D eigenvalue weighted by atomic mass is 10.0. The van der Waals surface area contributed by atoms with Crippen LogP contribution in [0.3, 0.4) is 0 Å². The van der Waals surface area contributed by atoms with Crippen LogP contribution in [0.2, 0.25) is 0 Å². The first-order chi connectivity index (χ1) is 13.2. The fraction of sp³-hybridized carbons (Fsp3) is 0.471. The number of H-pyrrole nitrogens is 1.